The first-order valence-corrected chi connectivity index (χ1v) is 10.6. The number of fused-ring (bicyclic) bond motifs is 5. The molecule has 3 heterocycles. The van der Waals surface area contributed by atoms with Gasteiger partial charge >= 0.3 is 0 Å². The van der Waals surface area contributed by atoms with E-state index in [1.54, 1.807) is 0 Å². The minimum atomic E-state index is 0.563. The first-order valence-electron chi connectivity index (χ1n) is 10.6. The van der Waals surface area contributed by atoms with Gasteiger partial charge in [-0.05, 0) is 54.9 Å². The molecular weight excluding hydrogens is 344 g/mol. The van der Waals surface area contributed by atoms with E-state index < -0.39 is 0 Å². The Morgan fingerprint density at radius 3 is 2.79 bits per heavy atom. The van der Waals surface area contributed by atoms with Gasteiger partial charge in [0.15, 0.2) is 0 Å². The molecule has 0 amide bonds. The Bertz CT molecular complexity index is 945. The fraction of sp³-hybridized carbons (Fsp3) is 0.458. The van der Waals surface area contributed by atoms with Crippen molar-refractivity contribution >= 4 is 5.71 Å². The van der Waals surface area contributed by atoms with Crippen LogP contribution in [-0.2, 0) is 6.42 Å². The Balaban J connectivity index is 1.54. The second kappa shape index (κ2) is 7.16. The SMILES string of the molecule is CC1CC2CCCC(C2)N(C)/C1=C/N=C1Cc2cccnc2-c2ncccc21. The van der Waals surface area contributed by atoms with Gasteiger partial charge in [-0.15, -0.1) is 0 Å². The lowest BCUT2D eigenvalue weighted by Gasteiger charge is -2.34. The highest BCUT2D eigenvalue weighted by atomic mass is 15.2. The third-order valence-corrected chi connectivity index (χ3v) is 6.85. The van der Waals surface area contributed by atoms with Crippen LogP contribution >= 0.6 is 0 Å². The van der Waals surface area contributed by atoms with E-state index in [9.17, 15) is 0 Å². The molecule has 4 heteroatoms. The second-order valence-corrected chi connectivity index (χ2v) is 8.65. The Labute approximate surface area is 167 Å². The first-order chi connectivity index (χ1) is 13.7. The van der Waals surface area contributed by atoms with Crippen molar-refractivity contribution in [1.82, 2.24) is 14.9 Å². The van der Waals surface area contributed by atoms with Crippen LogP contribution in [0.4, 0.5) is 0 Å². The molecular formula is C24H28N4. The number of nitrogens with zero attached hydrogens (tertiary/aromatic N) is 4. The standard InChI is InChI=1S/C24H28N4/c1-16-12-17-6-3-8-19(13-17)28(2)22(16)15-27-21-14-18-7-4-10-25-23(18)24-20(21)9-5-11-26-24/h4-5,7,9-11,15-17,19H,3,6,8,12-14H2,1-2H3/b22-15+,27-21?. The molecule has 0 aromatic carbocycles. The van der Waals surface area contributed by atoms with Crippen LogP contribution in [0.25, 0.3) is 11.4 Å². The molecule has 0 spiro atoms. The van der Waals surface area contributed by atoms with Gasteiger partial charge in [-0.25, -0.2) is 0 Å². The molecule has 0 N–H and O–H groups in total. The molecule has 5 rings (SSSR count). The van der Waals surface area contributed by atoms with Gasteiger partial charge in [-0.2, -0.15) is 0 Å². The van der Waals surface area contributed by atoms with E-state index in [0.29, 0.717) is 12.0 Å². The van der Waals surface area contributed by atoms with Crippen LogP contribution in [0.15, 0.2) is 53.5 Å². The maximum Gasteiger partial charge on any atom is 0.0979 e. The molecule has 2 fully saturated rings. The number of hydrogen-bond donors (Lipinski definition) is 0. The molecule has 3 atom stereocenters. The number of rotatable bonds is 1. The summed E-state index contributed by atoms with van der Waals surface area (Å²) in [7, 11) is 2.27. The Morgan fingerprint density at radius 1 is 1.07 bits per heavy atom. The maximum absolute atomic E-state index is 5.05. The number of aromatic nitrogens is 2. The number of likely N-dealkylation sites (tertiary alicyclic amines) is 1. The molecule has 2 aromatic rings. The molecule has 144 valence electrons. The summed E-state index contributed by atoms with van der Waals surface area (Å²) in [5.74, 6) is 1.45. The zero-order chi connectivity index (χ0) is 19.1. The molecule has 2 aliphatic carbocycles. The minimum Gasteiger partial charge on any atom is -0.373 e. The molecule has 3 unspecified atom stereocenters. The Morgan fingerprint density at radius 2 is 1.89 bits per heavy atom. The van der Waals surface area contributed by atoms with Crippen molar-refractivity contribution in [1.29, 1.82) is 0 Å². The highest BCUT2D eigenvalue weighted by Crippen LogP contribution is 2.39. The molecule has 1 saturated heterocycles. The molecule has 3 aliphatic rings. The Hall–Kier alpha value is -2.49. The third-order valence-electron chi connectivity index (χ3n) is 6.85. The first kappa shape index (κ1) is 17.6. The smallest absolute Gasteiger partial charge is 0.0979 e. The van der Waals surface area contributed by atoms with Crippen LogP contribution < -0.4 is 0 Å². The molecule has 1 aliphatic heterocycles. The molecule has 0 radical (unpaired) electrons. The van der Waals surface area contributed by atoms with Gasteiger partial charge in [0.25, 0.3) is 0 Å². The van der Waals surface area contributed by atoms with Crippen LogP contribution in [0, 0.1) is 11.8 Å². The lowest BCUT2D eigenvalue weighted by atomic mass is 9.82. The van der Waals surface area contributed by atoms with Crippen molar-refractivity contribution in [3.63, 3.8) is 0 Å². The summed E-state index contributed by atoms with van der Waals surface area (Å²) in [6.45, 7) is 2.37. The number of aliphatic imine (C=N–C) groups is 1. The quantitative estimate of drug-likeness (QED) is 0.718. The number of pyridine rings is 2. The fourth-order valence-corrected chi connectivity index (χ4v) is 5.38. The highest BCUT2D eigenvalue weighted by Gasteiger charge is 2.33. The second-order valence-electron chi connectivity index (χ2n) is 8.65. The predicted octanol–water partition coefficient (Wildman–Crippen LogP) is 4.86. The van der Waals surface area contributed by atoms with Gasteiger partial charge in [-0.3, -0.25) is 15.0 Å². The Kier molecular flexibility index (Phi) is 4.50. The topological polar surface area (TPSA) is 41.4 Å². The average molecular weight is 373 g/mol. The van der Waals surface area contributed by atoms with Crippen molar-refractivity contribution in [3.8, 4) is 11.4 Å². The van der Waals surface area contributed by atoms with E-state index in [1.165, 1.54) is 43.4 Å². The van der Waals surface area contributed by atoms with E-state index in [2.05, 4.69) is 47.2 Å². The molecule has 4 nitrogen and oxygen atoms in total. The maximum atomic E-state index is 5.05. The highest BCUT2D eigenvalue weighted by molar-refractivity contribution is 6.09. The summed E-state index contributed by atoms with van der Waals surface area (Å²) in [6.07, 6.45) is 13.4. The van der Waals surface area contributed by atoms with Gasteiger partial charge in [0.05, 0.1) is 17.1 Å². The van der Waals surface area contributed by atoms with E-state index in [-0.39, 0.29) is 0 Å². The summed E-state index contributed by atoms with van der Waals surface area (Å²) in [4.78, 5) is 16.8. The van der Waals surface area contributed by atoms with Crippen molar-refractivity contribution in [2.75, 3.05) is 7.05 Å². The van der Waals surface area contributed by atoms with Crippen LogP contribution in [0.1, 0.15) is 50.2 Å². The lowest BCUT2D eigenvalue weighted by Crippen LogP contribution is -2.33. The summed E-state index contributed by atoms with van der Waals surface area (Å²) in [5.41, 5.74) is 6.78. The summed E-state index contributed by atoms with van der Waals surface area (Å²) < 4.78 is 0. The summed E-state index contributed by atoms with van der Waals surface area (Å²) in [6, 6.07) is 8.96. The normalized spacial score (nSPS) is 29.4. The monoisotopic (exact) mass is 372 g/mol. The van der Waals surface area contributed by atoms with E-state index in [4.69, 9.17) is 4.99 Å². The number of hydrogen-bond acceptors (Lipinski definition) is 4. The van der Waals surface area contributed by atoms with Gasteiger partial charge in [0.2, 0.25) is 0 Å². The lowest BCUT2D eigenvalue weighted by molar-refractivity contribution is 0.212. The average Bonchev–Trinajstić information content (AvgIpc) is 2.80. The molecule has 2 aromatic heterocycles. The summed E-state index contributed by atoms with van der Waals surface area (Å²) in [5, 5.41) is 0. The molecule has 1 saturated carbocycles. The van der Waals surface area contributed by atoms with Gasteiger partial charge in [0.1, 0.15) is 0 Å². The van der Waals surface area contributed by atoms with Crippen molar-refractivity contribution in [2.45, 2.75) is 51.5 Å². The molecule has 28 heavy (non-hydrogen) atoms. The van der Waals surface area contributed by atoms with Crippen LogP contribution in [-0.4, -0.2) is 33.7 Å². The van der Waals surface area contributed by atoms with E-state index in [1.807, 2.05) is 24.5 Å². The van der Waals surface area contributed by atoms with E-state index in [0.717, 1.165) is 35.0 Å². The predicted molar refractivity (Wildman–Crippen MR) is 113 cm³/mol. The van der Waals surface area contributed by atoms with Crippen molar-refractivity contribution < 1.29 is 0 Å². The van der Waals surface area contributed by atoms with Gasteiger partial charge in [-0.1, -0.05) is 25.8 Å². The third kappa shape index (κ3) is 3.05. The van der Waals surface area contributed by atoms with Gasteiger partial charge < -0.3 is 4.90 Å². The summed E-state index contributed by atoms with van der Waals surface area (Å²) >= 11 is 0. The van der Waals surface area contributed by atoms with Crippen LogP contribution in [0.2, 0.25) is 0 Å². The zero-order valence-corrected chi connectivity index (χ0v) is 16.8. The van der Waals surface area contributed by atoms with E-state index >= 15 is 0 Å². The number of allylic oxidation sites excluding steroid dienone is 1. The minimum absolute atomic E-state index is 0.563. The van der Waals surface area contributed by atoms with Gasteiger partial charge in [0, 0.05) is 49.4 Å². The van der Waals surface area contributed by atoms with Crippen LogP contribution in [0.5, 0.6) is 0 Å². The van der Waals surface area contributed by atoms with Crippen LogP contribution in [0.3, 0.4) is 0 Å². The fourth-order valence-electron chi connectivity index (χ4n) is 5.38. The zero-order valence-electron chi connectivity index (χ0n) is 16.8. The van der Waals surface area contributed by atoms with Crippen molar-refractivity contribution in [2.24, 2.45) is 16.8 Å². The largest absolute Gasteiger partial charge is 0.373 e. The van der Waals surface area contributed by atoms with Crippen molar-refractivity contribution in [3.05, 3.63) is 59.7 Å². The molecule has 2 bridgehead atoms.